The van der Waals surface area contributed by atoms with Crippen LogP contribution < -0.4 is 0 Å². The Morgan fingerprint density at radius 3 is 3.11 bits per heavy atom. The molecule has 0 aromatic rings. The van der Waals surface area contributed by atoms with Crippen molar-refractivity contribution in [2.24, 2.45) is 0 Å². The summed E-state index contributed by atoms with van der Waals surface area (Å²) in [6.45, 7) is 4.83. The van der Waals surface area contributed by atoms with Crippen LogP contribution in [0.5, 0.6) is 0 Å². The summed E-state index contributed by atoms with van der Waals surface area (Å²) >= 11 is 4.71. The van der Waals surface area contributed by atoms with Gasteiger partial charge in [-0.2, -0.15) is 0 Å². The van der Waals surface area contributed by atoms with E-state index in [9.17, 15) is 0 Å². The van der Waals surface area contributed by atoms with Crippen LogP contribution in [0.1, 0.15) is 0 Å². The van der Waals surface area contributed by atoms with Crippen molar-refractivity contribution in [3.05, 3.63) is 12.7 Å². The summed E-state index contributed by atoms with van der Waals surface area (Å²) in [5.74, 6) is 0. The zero-order chi connectivity index (χ0) is 6.69. The summed E-state index contributed by atoms with van der Waals surface area (Å²) in [4.78, 5) is 0. The molecule has 0 aliphatic carbocycles. The van der Waals surface area contributed by atoms with Crippen molar-refractivity contribution in [3.8, 4) is 0 Å². The molecule has 1 rings (SSSR count). The second kappa shape index (κ2) is 2.94. The molecule has 0 bridgehead atoms. The van der Waals surface area contributed by atoms with Crippen molar-refractivity contribution < 1.29 is 9.47 Å². The van der Waals surface area contributed by atoms with Crippen LogP contribution in [-0.4, -0.2) is 24.4 Å². The smallest absolute Gasteiger partial charge is 0.183 e. The molecule has 0 aromatic carbocycles. The van der Waals surface area contributed by atoms with E-state index in [1.54, 1.807) is 0 Å². The average Bonchev–Trinajstić information content (AvgIpc) is 2.65. The van der Waals surface area contributed by atoms with Crippen LogP contribution in [-0.2, 0) is 9.47 Å². The van der Waals surface area contributed by atoms with E-state index < -0.39 is 0 Å². The highest BCUT2D eigenvalue weighted by Crippen LogP contribution is 2.08. The predicted molar refractivity (Wildman–Crippen MR) is 38.5 cm³/mol. The molecule has 1 saturated heterocycles. The Morgan fingerprint density at radius 2 is 2.67 bits per heavy atom. The van der Waals surface area contributed by atoms with Gasteiger partial charge in [0.15, 0.2) is 5.05 Å². The van der Waals surface area contributed by atoms with Crippen LogP contribution in [0.4, 0.5) is 0 Å². The highest BCUT2D eigenvalue weighted by molar-refractivity contribution is 7.80. The van der Waals surface area contributed by atoms with Gasteiger partial charge in [-0.05, 0) is 18.3 Å². The Labute approximate surface area is 59.5 Å². The lowest BCUT2D eigenvalue weighted by atomic mass is 10.5. The molecule has 2 nitrogen and oxygen atoms in total. The highest BCUT2D eigenvalue weighted by atomic mass is 32.1. The van der Waals surface area contributed by atoms with Crippen LogP contribution in [0.3, 0.4) is 0 Å². The quantitative estimate of drug-likeness (QED) is 0.334. The molecule has 0 N–H and O–H groups in total. The van der Waals surface area contributed by atoms with Crippen LogP contribution in [0.2, 0.25) is 0 Å². The molecule has 0 aromatic heterocycles. The van der Waals surface area contributed by atoms with E-state index >= 15 is 0 Å². The van der Waals surface area contributed by atoms with Gasteiger partial charge in [-0.1, -0.05) is 6.58 Å². The topological polar surface area (TPSA) is 21.8 Å². The van der Waals surface area contributed by atoms with E-state index in [0.717, 1.165) is 6.61 Å². The minimum atomic E-state index is 0.280. The van der Waals surface area contributed by atoms with Crippen molar-refractivity contribution in [1.82, 2.24) is 0 Å². The standard InChI is InChI=1S/C6H8O2S/c1-2-6(9)8-4-5-3-7-5/h2,5H,1,3-4H2. The molecule has 1 unspecified atom stereocenters. The summed E-state index contributed by atoms with van der Waals surface area (Å²) in [5, 5.41) is 0.450. The van der Waals surface area contributed by atoms with Gasteiger partial charge >= 0.3 is 0 Å². The van der Waals surface area contributed by atoms with Gasteiger partial charge in [0.1, 0.15) is 12.7 Å². The fourth-order valence-corrected chi connectivity index (χ4v) is 0.466. The van der Waals surface area contributed by atoms with Crippen LogP contribution in [0, 0.1) is 0 Å². The van der Waals surface area contributed by atoms with E-state index in [0.29, 0.717) is 11.7 Å². The maximum absolute atomic E-state index is 5.00. The Balaban J connectivity index is 2.02. The molecule has 0 saturated carbocycles. The summed E-state index contributed by atoms with van der Waals surface area (Å²) in [6.07, 6.45) is 1.79. The Morgan fingerprint density at radius 1 is 2.00 bits per heavy atom. The third-order valence-electron chi connectivity index (χ3n) is 0.981. The van der Waals surface area contributed by atoms with Crippen LogP contribution in [0.15, 0.2) is 12.7 Å². The van der Waals surface area contributed by atoms with Crippen molar-refractivity contribution in [3.63, 3.8) is 0 Å². The first kappa shape index (κ1) is 6.71. The molecular weight excluding hydrogens is 136 g/mol. The molecule has 1 aliphatic heterocycles. The van der Waals surface area contributed by atoms with E-state index in [1.807, 2.05) is 0 Å². The number of ether oxygens (including phenoxy) is 2. The van der Waals surface area contributed by atoms with Crippen molar-refractivity contribution in [1.29, 1.82) is 0 Å². The van der Waals surface area contributed by atoms with Gasteiger partial charge in [0.25, 0.3) is 0 Å². The Bertz CT molecular complexity index is 129. The van der Waals surface area contributed by atoms with Gasteiger partial charge in [0, 0.05) is 0 Å². The summed E-state index contributed by atoms with van der Waals surface area (Å²) in [5.41, 5.74) is 0. The lowest BCUT2D eigenvalue weighted by Crippen LogP contribution is -2.04. The largest absolute Gasteiger partial charge is 0.480 e. The summed E-state index contributed by atoms with van der Waals surface area (Å²) < 4.78 is 9.89. The minimum Gasteiger partial charge on any atom is -0.480 e. The van der Waals surface area contributed by atoms with E-state index in [2.05, 4.69) is 6.58 Å². The molecule has 50 valence electrons. The number of hydrogen-bond acceptors (Lipinski definition) is 3. The maximum atomic E-state index is 5.00. The maximum Gasteiger partial charge on any atom is 0.183 e. The van der Waals surface area contributed by atoms with Gasteiger partial charge in [-0.25, -0.2) is 0 Å². The van der Waals surface area contributed by atoms with Gasteiger partial charge in [-0.15, -0.1) is 0 Å². The fraction of sp³-hybridized carbons (Fsp3) is 0.500. The first-order valence-corrected chi connectivity index (χ1v) is 3.14. The number of thiocarbonyl (C=S) groups is 1. The van der Waals surface area contributed by atoms with Crippen molar-refractivity contribution in [2.75, 3.05) is 13.2 Å². The lowest BCUT2D eigenvalue weighted by Gasteiger charge is -1.98. The summed E-state index contributed by atoms with van der Waals surface area (Å²) in [7, 11) is 0. The highest BCUT2D eigenvalue weighted by Gasteiger charge is 2.22. The Kier molecular flexibility index (Phi) is 2.19. The van der Waals surface area contributed by atoms with Gasteiger partial charge in [0.05, 0.1) is 6.61 Å². The molecule has 1 heterocycles. The normalized spacial score (nSPS) is 22.9. The molecule has 0 radical (unpaired) electrons. The number of epoxide rings is 1. The zero-order valence-corrected chi connectivity index (χ0v) is 5.82. The molecule has 3 heteroatoms. The van der Waals surface area contributed by atoms with Crippen molar-refractivity contribution >= 4 is 17.3 Å². The number of hydrogen-bond donors (Lipinski definition) is 0. The average molecular weight is 144 g/mol. The van der Waals surface area contributed by atoms with Gasteiger partial charge in [-0.3, -0.25) is 0 Å². The van der Waals surface area contributed by atoms with Crippen LogP contribution in [0.25, 0.3) is 0 Å². The zero-order valence-electron chi connectivity index (χ0n) is 5.00. The first-order valence-electron chi connectivity index (χ1n) is 2.73. The molecule has 1 aliphatic rings. The SMILES string of the molecule is C=CC(=S)OCC1CO1. The molecule has 1 fully saturated rings. The van der Waals surface area contributed by atoms with Gasteiger partial charge in [0.2, 0.25) is 0 Å². The molecule has 0 spiro atoms. The third-order valence-corrected chi connectivity index (χ3v) is 1.27. The molecular formula is C6H8O2S. The summed E-state index contributed by atoms with van der Waals surface area (Å²) in [6, 6.07) is 0. The Hall–Kier alpha value is -0.410. The van der Waals surface area contributed by atoms with Gasteiger partial charge < -0.3 is 9.47 Å². The van der Waals surface area contributed by atoms with Crippen molar-refractivity contribution in [2.45, 2.75) is 6.10 Å². The van der Waals surface area contributed by atoms with E-state index in [4.69, 9.17) is 21.7 Å². The van der Waals surface area contributed by atoms with E-state index in [1.165, 1.54) is 6.08 Å². The second-order valence-electron chi connectivity index (χ2n) is 1.79. The monoisotopic (exact) mass is 144 g/mol. The molecule has 1 atom stereocenters. The predicted octanol–water partition coefficient (Wildman–Crippen LogP) is 0.915. The second-order valence-corrected chi connectivity index (χ2v) is 2.19. The first-order chi connectivity index (χ1) is 4.33. The molecule has 9 heavy (non-hydrogen) atoms. The van der Waals surface area contributed by atoms with E-state index in [-0.39, 0.29) is 6.10 Å². The number of rotatable bonds is 3. The third kappa shape index (κ3) is 2.58. The minimum absolute atomic E-state index is 0.280. The fourth-order valence-electron chi connectivity index (χ4n) is 0.398. The lowest BCUT2D eigenvalue weighted by molar-refractivity contribution is 0.260. The molecule has 0 amide bonds. The van der Waals surface area contributed by atoms with Crippen LogP contribution >= 0.6 is 12.2 Å².